The van der Waals surface area contributed by atoms with E-state index in [0.717, 1.165) is 27.6 Å². The highest BCUT2D eigenvalue weighted by atomic mass is 15.2. The first-order chi connectivity index (χ1) is 26.2. The van der Waals surface area contributed by atoms with Crippen LogP contribution in [0.5, 0.6) is 0 Å². The van der Waals surface area contributed by atoms with Gasteiger partial charge in [-0.3, -0.25) is 4.57 Å². The smallest absolute Gasteiger partial charge is 0.235 e. The molecule has 53 heavy (non-hydrogen) atoms. The average molecular weight is 679 g/mol. The van der Waals surface area contributed by atoms with E-state index in [2.05, 4.69) is 192 Å². The van der Waals surface area contributed by atoms with Crippen LogP contribution in [-0.2, 0) is 0 Å². The number of rotatable bonds is 4. The van der Waals surface area contributed by atoms with Gasteiger partial charge in [-0.1, -0.05) is 128 Å². The Morgan fingerprint density at radius 2 is 1.04 bits per heavy atom. The van der Waals surface area contributed by atoms with E-state index >= 15 is 0 Å². The molecule has 0 fully saturated rings. The predicted octanol–water partition coefficient (Wildman–Crippen LogP) is 12.5. The predicted molar refractivity (Wildman–Crippen MR) is 221 cm³/mol. The van der Waals surface area contributed by atoms with E-state index in [0.29, 0.717) is 11.9 Å². The molecule has 0 saturated heterocycles. The molecule has 0 aliphatic heterocycles. The number of para-hydroxylation sites is 3. The van der Waals surface area contributed by atoms with Gasteiger partial charge in [0, 0.05) is 38.5 Å². The third-order valence-electron chi connectivity index (χ3n) is 11.2. The minimum absolute atomic E-state index is 0.174. The molecular weight excluding hydrogens is 645 g/mol. The van der Waals surface area contributed by atoms with Crippen LogP contribution >= 0.6 is 0 Å². The van der Waals surface area contributed by atoms with Gasteiger partial charge in [-0.2, -0.15) is 0 Å². The Balaban J connectivity index is 1.09. The maximum Gasteiger partial charge on any atom is 0.235 e. The molecule has 10 aromatic rings. The van der Waals surface area contributed by atoms with E-state index in [1.807, 2.05) is 0 Å². The highest BCUT2D eigenvalue weighted by Crippen LogP contribution is 2.39. The van der Waals surface area contributed by atoms with Crippen LogP contribution in [0.4, 0.5) is 0 Å². The summed E-state index contributed by atoms with van der Waals surface area (Å²) in [6.07, 6.45) is 8.82. The van der Waals surface area contributed by atoms with Crippen LogP contribution in [0, 0.1) is 5.92 Å². The first kappa shape index (κ1) is 29.9. The van der Waals surface area contributed by atoms with Gasteiger partial charge in [-0.05, 0) is 82.4 Å². The molecule has 0 amide bonds. The molecule has 3 heterocycles. The van der Waals surface area contributed by atoms with E-state index in [1.165, 1.54) is 60.2 Å². The summed E-state index contributed by atoms with van der Waals surface area (Å²) in [5, 5.41) is 8.45. The Morgan fingerprint density at radius 1 is 0.453 bits per heavy atom. The summed E-state index contributed by atoms with van der Waals surface area (Å²) < 4.78 is 4.65. The minimum atomic E-state index is 0.174. The molecule has 0 radical (unpaired) electrons. The van der Waals surface area contributed by atoms with Crippen molar-refractivity contribution in [1.82, 2.24) is 19.1 Å². The number of nitrogens with zero attached hydrogens (tertiary/aromatic N) is 4. The van der Waals surface area contributed by atoms with Crippen LogP contribution in [-0.4, -0.2) is 19.1 Å². The summed E-state index contributed by atoms with van der Waals surface area (Å²) in [7, 11) is 0. The second kappa shape index (κ2) is 11.6. The molecule has 2 unspecified atom stereocenters. The molecule has 11 rings (SSSR count). The van der Waals surface area contributed by atoms with Crippen molar-refractivity contribution in [3.8, 4) is 22.8 Å². The standard InChI is InChI=1S/C49H34N4/c1-31-12-2-5-15-37(31)48-40-18-6-9-19-43(40)50-49(51-48)53-45-21-11-8-17-39(45)42-30-35(24-27-47(42)53)34-23-26-46-41(29-34)38-16-7-10-20-44(38)52(46)36-25-22-32-13-3-4-14-33(32)28-36/h2-31,37H,1H3. The molecule has 0 saturated carbocycles. The molecule has 0 bridgehead atoms. The summed E-state index contributed by atoms with van der Waals surface area (Å²) in [5.41, 5.74) is 10.2. The van der Waals surface area contributed by atoms with Crippen LogP contribution in [0.1, 0.15) is 18.5 Å². The molecule has 0 spiro atoms. The summed E-state index contributed by atoms with van der Waals surface area (Å²) in [5.74, 6) is 1.22. The first-order valence-corrected chi connectivity index (χ1v) is 18.4. The lowest BCUT2D eigenvalue weighted by Crippen LogP contribution is -2.13. The van der Waals surface area contributed by atoms with Gasteiger partial charge in [0.2, 0.25) is 5.95 Å². The first-order valence-electron chi connectivity index (χ1n) is 18.4. The number of hydrogen-bond acceptors (Lipinski definition) is 2. The Hall–Kier alpha value is -6.78. The summed E-state index contributed by atoms with van der Waals surface area (Å²) in [4.78, 5) is 10.6. The Bertz CT molecular complexity index is 3160. The van der Waals surface area contributed by atoms with Gasteiger partial charge in [-0.25, -0.2) is 9.97 Å². The molecule has 4 heteroatoms. The van der Waals surface area contributed by atoms with Crippen molar-refractivity contribution in [3.05, 3.63) is 182 Å². The third kappa shape index (κ3) is 4.62. The van der Waals surface area contributed by atoms with Crippen molar-refractivity contribution in [2.45, 2.75) is 12.8 Å². The number of benzene rings is 7. The fourth-order valence-electron chi connectivity index (χ4n) is 8.62. The SMILES string of the molecule is CC1C=CC=CC1c1nc(-n2c3ccccc3c3cc(-c4ccc5c(c4)c4ccccc4n5-c4ccc5ccccc5c4)ccc32)nc2ccccc12. The highest BCUT2D eigenvalue weighted by Gasteiger charge is 2.24. The Labute approximate surface area is 306 Å². The lowest BCUT2D eigenvalue weighted by molar-refractivity contribution is 0.622. The van der Waals surface area contributed by atoms with Gasteiger partial charge in [-0.15, -0.1) is 0 Å². The van der Waals surface area contributed by atoms with Gasteiger partial charge < -0.3 is 4.57 Å². The zero-order valence-corrected chi connectivity index (χ0v) is 29.2. The number of allylic oxidation sites excluding steroid dienone is 4. The van der Waals surface area contributed by atoms with Crippen molar-refractivity contribution in [1.29, 1.82) is 0 Å². The second-order valence-electron chi connectivity index (χ2n) is 14.3. The van der Waals surface area contributed by atoms with Crippen LogP contribution in [0.2, 0.25) is 0 Å². The van der Waals surface area contributed by atoms with Crippen LogP contribution < -0.4 is 0 Å². The average Bonchev–Trinajstić information content (AvgIpc) is 3.73. The van der Waals surface area contributed by atoms with Crippen molar-refractivity contribution in [2.24, 2.45) is 5.92 Å². The van der Waals surface area contributed by atoms with E-state index in [4.69, 9.17) is 9.97 Å². The maximum absolute atomic E-state index is 5.37. The lowest BCUT2D eigenvalue weighted by atomic mass is 9.86. The van der Waals surface area contributed by atoms with Gasteiger partial charge in [0.25, 0.3) is 0 Å². The molecule has 4 nitrogen and oxygen atoms in total. The largest absolute Gasteiger partial charge is 0.309 e. The number of hydrogen-bond donors (Lipinski definition) is 0. The van der Waals surface area contributed by atoms with Gasteiger partial charge in [0.1, 0.15) is 0 Å². The molecule has 2 atom stereocenters. The molecule has 1 aliphatic carbocycles. The fraction of sp³-hybridized carbons (Fsp3) is 0.0612. The third-order valence-corrected chi connectivity index (χ3v) is 11.2. The van der Waals surface area contributed by atoms with Crippen molar-refractivity contribution < 1.29 is 0 Å². The number of fused-ring (bicyclic) bond motifs is 8. The van der Waals surface area contributed by atoms with Crippen LogP contribution in [0.3, 0.4) is 0 Å². The van der Waals surface area contributed by atoms with E-state index in [9.17, 15) is 0 Å². The molecule has 3 aromatic heterocycles. The minimum Gasteiger partial charge on any atom is -0.309 e. The second-order valence-corrected chi connectivity index (χ2v) is 14.3. The van der Waals surface area contributed by atoms with Crippen LogP contribution in [0.15, 0.2) is 176 Å². The van der Waals surface area contributed by atoms with E-state index in [1.54, 1.807) is 0 Å². The highest BCUT2D eigenvalue weighted by molar-refractivity contribution is 6.12. The fourth-order valence-corrected chi connectivity index (χ4v) is 8.62. The summed E-state index contributed by atoms with van der Waals surface area (Å²) in [6, 6.07) is 54.9. The maximum atomic E-state index is 5.37. The molecule has 0 N–H and O–H groups in total. The molecule has 7 aromatic carbocycles. The molecule has 1 aliphatic rings. The summed E-state index contributed by atoms with van der Waals surface area (Å²) >= 11 is 0. The van der Waals surface area contributed by atoms with Crippen LogP contribution in [0.25, 0.3) is 88.0 Å². The van der Waals surface area contributed by atoms with E-state index < -0.39 is 0 Å². The molecule has 250 valence electrons. The van der Waals surface area contributed by atoms with Crippen molar-refractivity contribution in [2.75, 3.05) is 0 Å². The lowest BCUT2D eigenvalue weighted by Gasteiger charge is -2.22. The number of aromatic nitrogens is 4. The normalized spacial score (nSPS) is 15.9. The monoisotopic (exact) mass is 678 g/mol. The van der Waals surface area contributed by atoms with Gasteiger partial charge >= 0.3 is 0 Å². The zero-order chi connectivity index (χ0) is 35.0. The molecular formula is C49H34N4. The Morgan fingerprint density at radius 3 is 1.77 bits per heavy atom. The topological polar surface area (TPSA) is 35.6 Å². The van der Waals surface area contributed by atoms with Gasteiger partial charge in [0.15, 0.2) is 0 Å². The Kier molecular flexibility index (Phi) is 6.56. The van der Waals surface area contributed by atoms with Gasteiger partial charge in [0.05, 0.1) is 33.3 Å². The van der Waals surface area contributed by atoms with E-state index in [-0.39, 0.29) is 5.92 Å². The quantitative estimate of drug-likeness (QED) is 0.186. The summed E-state index contributed by atoms with van der Waals surface area (Å²) in [6.45, 7) is 2.27. The van der Waals surface area contributed by atoms with Crippen molar-refractivity contribution >= 4 is 65.3 Å². The zero-order valence-electron chi connectivity index (χ0n) is 29.2. The van der Waals surface area contributed by atoms with Crippen molar-refractivity contribution in [3.63, 3.8) is 0 Å².